The van der Waals surface area contributed by atoms with Crippen LogP contribution >= 0.6 is 0 Å². The smallest absolute Gasteiger partial charge is 0.408 e. The summed E-state index contributed by atoms with van der Waals surface area (Å²) in [5.41, 5.74) is 4.30. The van der Waals surface area contributed by atoms with Gasteiger partial charge in [0.25, 0.3) is 0 Å². The number of esters is 1. The van der Waals surface area contributed by atoms with Crippen molar-refractivity contribution in [2.75, 3.05) is 0 Å². The zero-order valence-corrected chi connectivity index (χ0v) is 20.1. The molecule has 0 spiro atoms. The lowest BCUT2D eigenvalue weighted by Gasteiger charge is -2.28. The summed E-state index contributed by atoms with van der Waals surface area (Å²) in [6, 6.07) is 24.7. The summed E-state index contributed by atoms with van der Waals surface area (Å²) >= 11 is 0. The highest BCUT2D eigenvalue weighted by Gasteiger charge is 2.41. The van der Waals surface area contributed by atoms with Gasteiger partial charge in [-0.1, -0.05) is 85.8 Å². The summed E-state index contributed by atoms with van der Waals surface area (Å²) in [6.07, 6.45) is -0.445. The van der Waals surface area contributed by atoms with E-state index in [1.807, 2.05) is 85.8 Å². The van der Waals surface area contributed by atoms with Crippen LogP contribution in [0, 0.1) is 0 Å². The van der Waals surface area contributed by atoms with Gasteiger partial charge in [-0.25, -0.2) is 9.59 Å². The fourth-order valence-corrected chi connectivity index (χ4v) is 4.53. The molecule has 2 atom stereocenters. The number of benzene rings is 3. The van der Waals surface area contributed by atoms with E-state index in [1.165, 1.54) is 0 Å². The van der Waals surface area contributed by atoms with Gasteiger partial charge >= 0.3 is 12.1 Å². The molecular weight excluding hydrogens is 426 g/mol. The van der Waals surface area contributed by atoms with E-state index in [1.54, 1.807) is 20.8 Å². The molecular formula is C29H31NO4. The van der Waals surface area contributed by atoms with E-state index in [9.17, 15) is 9.59 Å². The number of rotatable bonds is 6. The van der Waals surface area contributed by atoms with Crippen LogP contribution in [0.4, 0.5) is 4.79 Å². The molecule has 0 aromatic heterocycles. The Morgan fingerprint density at radius 1 is 0.853 bits per heavy atom. The molecule has 34 heavy (non-hydrogen) atoms. The molecule has 3 aromatic carbocycles. The number of alkyl carbamates (subject to hydrolysis) is 1. The highest BCUT2D eigenvalue weighted by molar-refractivity contribution is 5.88. The Bertz CT molecular complexity index is 1120. The van der Waals surface area contributed by atoms with E-state index in [4.69, 9.17) is 9.47 Å². The second-order valence-corrected chi connectivity index (χ2v) is 9.52. The van der Waals surface area contributed by atoms with Crippen molar-refractivity contribution in [2.45, 2.75) is 57.8 Å². The molecule has 1 aliphatic rings. The number of carbonyl (C=O) groups excluding carboxylic acids is 2. The van der Waals surface area contributed by atoms with E-state index in [2.05, 4.69) is 5.32 Å². The molecule has 0 heterocycles. The van der Waals surface area contributed by atoms with E-state index in [0.29, 0.717) is 6.42 Å². The first-order valence-electron chi connectivity index (χ1n) is 11.7. The number of fused-ring (bicyclic) bond motifs is 3. The van der Waals surface area contributed by atoms with Crippen molar-refractivity contribution < 1.29 is 19.1 Å². The van der Waals surface area contributed by atoms with Crippen LogP contribution in [-0.2, 0) is 14.3 Å². The third-order valence-corrected chi connectivity index (χ3v) is 5.94. The molecule has 3 aromatic rings. The van der Waals surface area contributed by atoms with Gasteiger partial charge in [0, 0.05) is 5.92 Å². The van der Waals surface area contributed by atoms with Crippen molar-refractivity contribution in [1.29, 1.82) is 0 Å². The van der Waals surface area contributed by atoms with Crippen molar-refractivity contribution in [3.05, 3.63) is 95.6 Å². The second-order valence-electron chi connectivity index (χ2n) is 9.52. The molecule has 1 amide bonds. The van der Waals surface area contributed by atoms with Crippen LogP contribution in [0.25, 0.3) is 11.1 Å². The van der Waals surface area contributed by atoms with Crippen molar-refractivity contribution in [3.8, 4) is 11.1 Å². The van der Waals surface area contributed by atoms with Gasteiger partial charge in [0.05, 0.1) is 0 Å². The molecule has 176 valence electrons. The number of hydrogen-bond donors (Lipinski definition) is 1. The van der Waals surface area contributed by atoms with Crippen LogP contribution in [0.2, 0.25) is 0 Å². The molecule has 0 fully saturated rings. The van der Waals surface area contributed by atoms with Crippen molar-refractivity contribution in [1.82, 2.24) is 5.32 Å². The summed E-state index contributed by atoms with van der Waals surface area (Å²) in [6.45, 7) is 7.36. The van der Waals surface area contributed by atoms with E-state index < -0.39 is 29.8 Å². The number of nitrogens with one attached hydrogen (secondary N) is 1. The Morgan fingerprint density at radius 2 is 1.38 bits per heavy atom. The van der Waals surface area contributed by atoms with Gasteiger partial charge in [0.2, 0.25) is 0 Å². The average Bonchev–Trinajstić information content (AvgIpc) is 3.14. The Kier molecular flexibility index (Phi) is 6.73. The highest BCUT2D eigenvalue weighted by atomic mass is 16.6. The molecule has 0 aliphatic heterocycles. The molecule has 2 unspecified atom stereocenters. The number of carbonyl (C=O) groups is 2. The Hall–Kier alpha value is -3.60. The molecule has 0 bridgehead atoms. The van der Waals surface area contributed by atoms with Gasteiger partial charge in [0.1, 0.15) is 17.7 Å². The molecule has 5 heteroatoms. The summed E-state index contributed by atoms with van der Waals surface area (Å²) < 4.78 is 11.5. The number of hydrogen-bond acceptors (Lipinski definition) is 4. The van der Waals surface area contributed by atoms with Crippen LogP contribution in [0.3, 0.4) is 0 Å². The van der Waals surface area contributed by atoms with Gasteiger partial charge in [-0.2, -0.15) is 0 Å². The van der Waals surface area contributed by atoms with Crippen molar-refractivity contribution >= 4 is 12.1 Å². The Labute approximate surface area is 201 Å². The van der Waals surface area contributed by atoms with Crippen molar-refractivity contribution in [3.63, 3.8) is 0 Å². The van der Waals surface area contributed by atoms with Gasteiger partial charge in [-0.15, -0.1) is 0 Å². The maximum absolute atomic E-state index is 13.7. The lowest BCUT2D eigenvalue weighted by molar-refractivity contribution is -0.152. The molecule has 1 N–H and O–H groups in total. The monoisotopic (exact) mass is 457 g/mol. The van der Waals surface area contributed by atoms with Gasteiger partial charge in [0.15, 0.2) is 0 Å². The Morgan fingerprint density at radius 3 is 1.91 bits per heavy atom. The van der Waals surface area contributed by atoms with Crippen LogP contribution < -0.4 is 5.32 Å². The van der Waals surface area contributed by atoms with E-state index >= 15 is 0 Å². The largest absolute Gasteiger partial charge is 0.456 e. The topological polar surface area (TPSA) is 64.6 Å². The predicted molar refractivity (Wildman–Crippen MR) is 132 cm³/mol. The third-order valence-electron chi connectivity index (χ3n) is 5.94. The quantitative estimate of drug-likeness (QED) is 0.436. The zero-order chi connectivity index (χ0) is 24.3. The maximum Gasteiger partial charge on any atom is 0.408 e. The molecule has 0 radical (unpaired) electrons. The van der Waals surface area contributed by atoms with Crippen LogP contribution in [0.5, 0.6) is 0 Å². The lowest BCUT2D eigenvalue weighted by Crippen LogP contribution is -2.47. The minimum atomic E-state index is -0.947. The van der Waals surface area contributed by atoms with Crippen LogP contribution in [0.15, 0.2) is 78.9 Å². The lowest BCUT2D eigenvalue weighted by atomic mass is 9.89. The summed E-state index contributed by atoms with van der Waals surface area (Å²) in [4.78, 5) is 26.5. The normalized spacial score (nSPS) is 14.5. The molecule has 0 saturated heterocycles. The SMILES string of the molecule is CCC(OC(=O)C(NC(=O)OC(C)(C)C)C1c2ccccc2-c2ccccc21)c1ccccc1. The zero-order valence-electron chi connectivity index (χ0n) is 20.1. The Balaban J connectivity index is 1.71. The first kappa shape index (κ1) is 23.6. The van der Waals surface area contributed by atoms with Gasteiger partial charge < -0.3 is 14.8 Å². The fraction of sp³-hybridized carbons (Fsp3) is 0.310. The average molecular weight is 458 g/mol. The van der Waals surface area contributed by atoms with E-state index in [-0.39, 0.29) is 5.92 Å². The van der Waals surface area contributed by atoms with Crippen LogP contribution in [-0.4, -0.2) is 23.7 Å². The van der Waals surface area contributed by atoms with Crippen molar-refractivity contribution in [2.24, 2.45) is 0 Å². The first-order chi connectivity index (χ1) is 16.3. The minimum Gasteiger partial charge on any atom is -0.456 e. The van der Waals surface area contributed by atoms with Gasteiger partial charge in [-0.3, -0.25) is 0 Å². The first-order valence-corrected chi connectivity index (χ1v) is 11.7. The molecule has 0 saturated carbocycles. The summed E-state index contributed by atoms with van der Waals surface area (Å²) in [5, 5.41) is 2.84. The summed E-state index contributed by atoms with van der Waals surface area (Å²) in [7, 11) is 0. The second kappa shape index (κ2) is 9.72. The summed E-state index contributed by atoms with van der Waals surface area (Å²) in [5.74, 6) is -0.876. The maximum atomic E-state index is 13.7. The number of amides is 1. The van der Waals surface area contributed by atoms with Gasteiger partial charge in [-0.05, 0) is 55.0 Å². The number of ether oxygens (including phenoxy) is 2. The highest BCUT2D eigenvalue weighted by Crippen LogP contribution is 2.46. The third kappa shape index (κ3) is 4.98. The molecule has 4 rings (SSSR count). The van der Waals surface area contributed by atoms with Crippen LogP contribution in [0.1, 0.15) is 62.8 Å². The standard InChI is InChI=1S/C29H31NO4/c1-5-24(19-13-7-6-8-14-19)33-27(31)26(30-28(32)34-29(2,3)4)25-22-17-11-9-15-20(22)21-16-10-12-18-23(21)25/h6-18,24-26H,5H2,1-4H3,(H,30,32). The molecule has 5 nitrogen and oxygen atoms in total. The predicted octanol–water partition coefficient (Wildman–Crippen LogP) is 6.39. The van der Waals surface area contributed by atoms with E-state index in [0.717, 1.165) is 27.8 Å². The molecule has 1 aliphatic carbocycles. The minimum absolute atomic E-state index is 0.388. The fourth-order valence-electron chi connectivity index (χ4n) is 4.53.